The van der Waals surface area contributed by atoms with Gasteiger partial charge in [-0.3, -0.25) is 4.79 Å². The molecule has 1 unspecified atom stereocenters. The summed E-state index contributed by atoms with van der Waals surface area (Å²) in [5.74, 6) is 0.347. The predicted octanol–water partition coefficient (Wildman–Crippen LogP) is 2.41. The van der Waals surface area contributed by atoms with Gasteiger partial charge in [0.1, 0.15) is 6.04 Å². The Bertz CT molecular complexity index is 349. The predicted molar refractivity (Wildman–Crippen MR) is 73.4 cm³/mol. The highest BCUT2D eigenvalue weighted by atomic mass is 16.5. The number of benzene rings is 1. The van der Waals surface area contributed by atoms with Gasteiger partial charge < -0.3 is 10.1 Å². The Morgan fingerprint density at radius 3 is 2.50 bits per heavy atom. The maximum Gasteiger partial charge on any atom is 0.323 e. The number of carbonyl (C=O) groups is 1. The minimum Gasteiger partial charge on any atom is -0.465 e. The molecule has 1 rings (SSSR count). The molecule has 1 atom stereocenters. The molecule has 3 heteroatoms. The molecule has 0 saturated heterocycles. The first kappa shape index (κ1) is 14.7. The van der Waals surface area contributed by atoms with E-state index in [1.807, 2.05) is 37.3 Å². The van der Waals surface area contributed by atoms with Crippen molar-refractivity contribution >= 4 is 5.97 Å². The van der Waals surface area contributed by atoms with Crippen LogP contribution >= 0.6 is 0 Å². The van der Waals surface area contributed by atoms with Crippen LogP contribution < -0.4 is 5.32 Å². The number of hydrogen-bond donors (Lipinski definition) is 1. The summed E-state index contributed by atoms with van der Waals surface area (Å²) in [6.45, 7) is 7.32. The van der Waals surface area contributed by atoms with Gasteiger partial charge in [-0.05, 0) is 31.4 Å². The summed E-state index contributed by atoms with van der Waals surface area (Å²) in [6, 6.07) is 9.76. The number of hydrogen-bond acceptors (Lipinski definition) is 3. The molecule has 0 aliphatic carbocycles. The Morgan fingerprint density at radius 2 is 1.94 bits per heavy atom. The van der Waals surface area contributed by atoms with Crippen LogP contribution in [0.4, 0.5) is 0 Å². The van der Waals surface area contributed by atoms with E-state index in [-0.39, 0.29) is 12.0 Å². The van der Waals surface area contributed by atoms with Gasteiger partial charge >= 0.3 is 5.97 Å². The molecule has 18 heavy (non-hydrogen) atoms. The van der Waals surface area contributed by atoms with Gasteiger partial charge in [-0.2, -0.15) is 0 Å². The Morgan fingerprint density at radius 1 is 1.28 bits per heavy atom. The Balaban J connectivity index is 2.62. The van der Waals surface area contributed by atoms with Crippen molar-refractivity contribution in [3.05, 3.63) is 35.9 Å². The highest BCUT2D eigenvalue weighted by Crippen LogP contribution is 2.05. The van der Waals surface area contributed by atoms with Crippen LogP contribution in [0.5, 0.6) is 0 Å². The molecule has 0 aromatic heterocycles. The molecule has 0 saturated carbocycles. The van der Waals surface area contributed by atoms with Gasteiger partial charge in [-0.1, -0.05) is 44.2 Å². The maximum atomic E-state index is 11.9. The molecule has 0 aliphatic rings. The highest BCUT2D eigenvalue weighted by molar-refractivity contribution is 5.76. The van der Waals surface area contributed by atoms with Crippen LogP contribution in [0.15, 0.2) is 30.3 Å². The fourth-order valence-electron chi connectivity index (χ4n) is 1.71. The lowest BCUT2D eigenvalue weighted by molar-refractivity contribution is -0.145. The molecular formula is C15H23NO2. The molecule has 3 nitrogen and oxygen atoms in total. The number of rotatable bonds is 7. The monoisotopic (exact) mass is 249 g/mol. The Hall–Kier alpha value is -1.35. The largest absolute Gasteiger partial charge is 0.465 e. The standard InChI is InChI=1S/C15H23NO2/c1-4-18-15(17)14(16-11-12(2)3)10-13-8-6-5-7-9-13/h5-9,12,14,16H,4,10-11H2,1-3H3. The molecule has 0 heterocycles. The minimum absolute atomic E-state index is 0.165. The third-order valence-electron chi connectivity index (χ3n) is 2.63. The number of ether oxygens (including phenoxy) is 1. The number of esters is 1. The van der Waals surface area contributed by atoms with Crippen molar-refractivity contribution in [3.63, 3.8) is 0 Å². The second kappa shape index (κ2) is 7.88. The van der Waals surface area contributed by atoms with Gasteiger partial charge in [0.2, 0.25) is 0 Å². The highest BCUT2D eigenvalue weighted by Gasteiger charge is 2.19. The second-order valence-corrected chi connectivity index (χ2v) is 4.80. The normalized spacial score (nSPS) is 12.4. The van der Waals surface area contributed by atoms with E-state index in [9.17, 15) is 4.79 Å². The van der Waals surface area contributed by atoms with E-state index in [2.05, 4.69) is 19.2 Å². The lowest BCUT2D eigenvalue weighted by Gasteiger charge is -2.18. The fourth-order valence-corrected chi connectivity index (χ4v) is 1.71. The first-order chi connectivity index (χ1) is 8.63. The van der Waals surface area contributed by atoms with Gasteiger partial charge in [0, 0.05) is 0 Å². The van der Waals surface area contributed by atoms with Crippen molar-refractivity contribution < 1.29 is 9.53 Å². The minimum atomic E-state index is -0.255. The van der Waals surface area contributed by atoms with E-state index in [0.717, 1.165) is 12.1 Å². The maximum absolute atomic E-state index is 11.9. The molecule has 1 aromatic carbocycles. The number of nitrogens with one attached hydrogen (secondary N) is 1. The first-order valence-corrected chi connectivity index (χ1v) is 6.57. The lowest BCUT2D eigenvalue weighted by Crippen LogP contribution is -2.41. The summed E-state index contributed by atoms with van der Waals surface area (Å²) in [5.41, 5.74) is 1.15. The summed E-state index contributed by atoms with van der Waals surface area (Å²) in [6.07, 6.45) is 0.673. The quantitative estimate of drug-likeness (QED) is 0.754. The van der Waals surface area contributed by atoms with E-state index in [1.54, 1.807) is 0 Å². The van der Waals surface area contributed by atoms with Crippen LogP contribution in [0.2, 0.25) is 0 Å². The van der Waals surface area contributed by atoms with Crippen molar-refractivity contribution in [2.75, 3.05) is 13.2 Å². The summed E-state index contributed by atoms with van der Waals surface area (Å²) in [5, 5.41) is 3.28. The van der Waals surface area contributed by atoms with E-state index >= 15 is 0 Å². The van der Waals surface area contributed by atoms with Crippen molar-refractivity contribution in [2.24, 2.45) is 5.92 Å². The average Bonchev–Trinajstić information content (AvgIpc) is 2.35. The van der Waals surface area contributed by atoms with E-state index in [4.69, 9.17) is 4.74 Å². The molecule has 0 amide bonds. The van der Waals surface area contributed by atoms with Gasteiger partial charge in [-0.25, -0.2) is 0 Å². The molecule has 0 bridgehead atoms. The molecular weight excluding hydrogens is 226 g/mol. The zero-order valence-electron chi connectivity index (χ0n) is 11.5. The SMILES string of the molecule is CCOC(=O)C(Cc1ccccc1)NCC(C)C. The molecule has 1 aromatic rings. The lowest BCUT2D eigenvalue weighted by atomic mass is 10.1. The summed E-state index contributed by atoms with van der Waals surface area (Å²) < 4.78 is 5.11. The fraction of sp³-hybridized carbons (Fsp3) is 0.533. The van der Waals surface area contributed by atoms with E-state index in [1.165, 1.54) is 0 Å². The summed E-state index contributed by atoms with van der Waals surface area (Å²) in [4.78, 5) is 11.9. The molecule has 0 aliphatic heterocycles. The van der Waals surface area contributed by atoms with Crippen molar-refractivity contribution in [1.82, 2.24) is 5.32 Å². The van der Waals surface area contributed by atoms with Gasteiger partial charge in [0.05, 0.1) is 6.61 Å². The molecule has 0 fully saturated rings. The van der Waals surface area contributed by atoms with Crippen molar-refractivity contribution in [3.8, 4) is 0 Å². The Labute approximate surface area is 110 Å². The van der Waals surface area contributed by atoms with Gasteiger partial charge in [0.25, 0.3) is 0 Å². The molecule has 0 spiro atoms. The average molecular weight is 249 g/mol. The van der Waals surface area contributed by atoms with Crippen molar-refractivity contribution in [1.29, 1.82) is 0 Å². The smallest absolute Gasteiger partial charge is 0.323 e. The summed E-state index contributed by atoms with van der Waals surface area (Å²) in [7, 11) is 0. The second-order valence-electron chi connectivity index (χ2n) is 4.80. The van der Waals surface area contributed by atoms with Crippen LogP contribution in [0.25, 0.3) is 0 Å². The van der Waals surface area contributed by atoms with Crippen LogP contribution in [0.3, 0.4) is 0 Å². The van der Waals surface area contributed by atoms with Crippen LogP contribution in [0.1, 0.15) is 26.3 Å². The number of carbonyl (C=O) groups excluding carboxylic acids is 1. The third-order valence-corrected chi connectivity index (χ3v) is 2.63. The van der Waals surface area contributed by atoms with E-state index in [0.29, 0.717) is 18.9 Å². The van der Waals surface area contributed by atoms with E-state index < -0.39 is 0 Å². The Kier molecular flexibility index (Phi) is 6.44. The summed E-state index contributed by atoms with van der Waals surface area (Å²) >= 11 is 0. The zero-order valence-corrected chi connectivity index (χ0v) is 11.5. The van der Waals surface area contributed by atoms with Crippen LogP contribution in [-0.2, 0) is 16.0 Å². The first-order valence-electron chi connectivity index (χ1n) is 6.57. The zero-order chi connectivity index (χ0) is 13.4. The topological polar surface area (TPSA) is 38.3 Å². The van der Waals surface area contributed by atoms with Crippen molar-refractivity contribution in [2.45, 2.75) is 33.2 Å². The van der Waals surface area contributed by atoms with Crippen LogP contribution in [0, 0.1) is 5.92 Å². The van der Waals surface area contributed by atoms with Gasteiger partial charge in [0.15, 0.2) is 0 Å². The van der Waals surface area contributed by atoms with Crippen LogP contribution in [-0.4, -0.2) is 25.2 Å². The molecule has 100 valence electrons. The van der Waals surface area contributed by atoms with Gasteiger partial charge in [-0.15, -0.1) is 0 Å². The molecule has 1 N–H and O–H groups in total. The third kappa shape index (κ3) is 5.32. The molecule has 0 radical (unpaired) electrons.